The Bertz CT molecular complexity index is 1320. The van der Waals surface area contributed by atoms with Crippen LogP contribution in [0, 0.1) is 0 Å². The summed E-state index contributed by atoms with van der Waals surface area (Å²) in [6.45, 7) is 9.48. The molecule has 1 N–H and O–H groups in total. The number of nitrogens with one attached hydrogen (secondary N) is 1. The van der Waals surface area contributed by atoms with E-state index in [4.69, 9.17) is 37.9 Å². The molecule has 44 heavy (non-hydrogen) atoms. The van der Waals surface area contributed by atoms with Crippen molar-refractivity contribution < 1.29 is 57.1 Å². The van der Waals surface area contributed by atoms with Crippen LogP contribution in [0.5, 0.6) is 11.6 Å². The smallest absolute Gasteiger partial charge is 0.303 e. The van der Waals surface area contributed by atoms with Crippen molar-refractivity contribution in [1.82, 2.24) is 10.2 Å². The fraction of sp³-hybridized carbons (Fsp3) is 0.567. The minimum Gasteiger partial charge on any atom is -0.491 e. The second-order valence-electron chi connectivity index (χ2n) is 10.8. The molecule has 2 aromatic rings. The van der Waals surface area contributed by atoms with Gasteiger partial charge in [0.25, 0.3) is 0 Å². The minimum absolute atomic E-state index is 0.0337. The fourth-order valence-corrected chi connectivity index (χ4v) is 4.76. The summed E-state index contributed by atoms with van der Waals surface area (Å²) in [6.07, 6.45) is -6.03. The summed E-state index contributed by atoms with van der Waals surface area (Å²) in [5.41, 5.74) is 2.46. The van der Waals surface area contributed by atoms with Gasteiger partial charge in [0.2, 0.25) is 18.3 Å². The summed E-state index contributed by atoms with van der Waals surface area (Å²) >= 11 is 0. The van der Waals surface area contributed by atoms with E-state index >= 15 is 0 Å². The van der Waals surface area contributed by atoms with Crippen molar-refractivity contribution in [1.29, 1.82) is 0 Å². The van der Waals surface area contributed by atoms with Crippen molar-refractivity contribution >= 4 is 23.9 Å². The molecule has 0 amide bonds. The van der Waals surface area contributed by atoms with Crippen molar-refractivity contribution in [3.8, 4) is 11.6 Å². The van der Waals surface area contributed by atoms with Crippen molar-refractivity contribution in [2.45, 2.75) is 90.7 Å². The quantitative estimate of drug-likeness (QED) is 0.197. The van der Waals surface area contributed by atoms with Crippen LogP contribution in [0.4, 0.5) is 0 Å². The number of benzene rings is 1. The second-order valence-corrected chi connectivity index (χ2v) is 10.8. The average molecular weight is 619 g/mol. The minimum atomic E-state index is -1.40. The summed E-state index contributed by atoms with van der Waals surface area (Å²) < 4.78 is 44.9. The van der Waals surface area contributed by atoms with Gasteiger partial charge in [-0.05, 0) is 23.6 Å². The van der Waals surface area contributed by atoms with Gasteiger partial charge in [0.15, 0.2) is 12.2 Å². The van der Waals surface area contributed by atoms with Crippen molar-refractivity contribution in [2.75, 3.05) is 19.8 Å². The highest BCUT2D eigenvalue weighted by Crippen LogP contribution is 2.34. The normalized spacial score (nSPS) is 24.2. The van der Waals surface area contributed by atoms with E-state index in [1.54, 1.807) is 0 Å². The summed E-state index contributed by atoms with van der Waals surface area (Å²) in [6, 6.07) is 7.59. The number of ether oxygens (including phenoxy) is 8. The molecule has 6 atom stereocenters. The number of H-pyrrole nitrogens is 1. The third-order valence-corrected chi connectivity index (χ3v) is 6.76. The number of aromatic nitrogens is 2. The molecule has 2 saturated heterocycles. The van der Waals surface area contributed by atoms with Crippen LogP contribution in [0.25, 0.3) is 0 Å². The zero-order valence-corrected chi connectivity index (χ0v) is 25.5. The zero-order valence-electron chi connectivity index (χ0n) is 25.5. The third kappa shape index (κ3) is 8.92. The number of rotatable bonds is 13. The maximum absolute atomic E-state index is 12.2. The Hall–Kier alpha value is -4.17. The molecular weight excluding hydrogens is 580 g/mol. The number of epoxide rings is 1. The molecule has 0 bridgehead atoms. The molecule has 0 spiro atoms. The first-order valence-electron chi connectivity index (χ1n) is 14.3. The van der Waals surface area contributed by atoms with Gasteiger partial charge >= 0.3 is 23.9 Å². The van der Waals surface area contributed by atoms with Crippen LogP contribution in [0.1, 0.15) is 64.3 Å². The Morgan fingerprint density at radius 1 is 0.886 bits per heavy atom. The Labute approximate surface area is 254 Å². The standard InChI is InChI=1S/C30H38N2O12/c1-15(2)25-23(11-20-7-9-21(10-8-20)38-12-22-13-39-22)29(32-31-25)44-30-28(42-19(6)36)27(41-18(5)35)26(40-17(4)34)24(43-30)14-37-16(3)33/h7-10,15,22,24,26-28,30H,11-14H2,1-6H3,(H,31,32)/t22-,24+,26+,27-,28+,30-/m0/s1. The van der Waals surface area contributed by atoms with E-state index in [9.17, 15) is 19.2 Å². The Morgan fingerprint density at radius 3 is 2.07 bits per heavy atom. The number of carbonyl (C=O) groups excluding carboxylic acids is 4. The van der Waals surface area contributed by atoms with E-state index in [0.717, 1.165) is 37.8 Å². The maximum Gasteiger partial charge on any atom is 0.303 e. The molecule has 0 radical (unpaired) electrons. The molecule has 2 aliphatic rings. The molecule has 14 heteroatoms. The maximum atomic E-state index is 12.2. The molecule has 0 aliphatic carbocycles. The van der Waals surface area contributed by atoms with Gasteiger partial charge in [-0.1, -0.05) is 26.0 Å². The lowest BCUT2D eigenvalue weighted by atomic mass is 9.97. The first-order valence-corrected chi connectivity index (χ1v) is 14.3. The average Bonchev–Trinajstić information content (AvgIpc) is 3.69. The molecular formula is C30H38N2O12. The lowest BCUT2D eigenvalue weighted by Gasteiger charge is -2.43. The van der Waals surface area contributed by atoms with E-state index in [1.807, 2.05) is 38.1 Å². The van der Waals surface area contributed by atoms with Crippen LogP contribution in [0.15, 0.2) is 24.3 Å². The van der Waals surface area contributed by atoms with Crippen LogP contribution in [0.2, 0.25) is 0 Å². The lowest BCUT2D eigenvalue weighted by molar-refractivity contribution is -0.289. The van der Waals surface area contributed by atoms with E-state index in [2.05, 4.69) is 10.2 Å². The Balaban J connectivity index is 1.65. The molecule has 240 valence electrons. The number of carbonyl (C=O) groups is 4. The molecule has 1 aromatic carbocycles. The van der Waals surface area contributed by atoms with Crippen molar-refractivity contribution in [3.63, 3.8) is 0 Å². The van der Waals surface area contributed by atoms with Crippen LogP contribution >= 0.6 is 0 Å². The number of hydrogen-bond acceptors (Lipinski definition) is 13. The highest BCUT2D eigenvalue weighted by atomic mass is 16.7. The fourth-order valence-electron chi connectivity index (χ4n) is 4.76. The molecule has 0 unspecified atom stereocenters. The van der Waals surface area contributed by atoms with Crippen molar-refractivity contribution in [2.24, 2.45) is 0 Å². The number of aromatic amines is 1. The number of nitrogens with zero attached hydrogens (tertiary/aromatic N) is 1. The SMILES string of the molecule is CC(=O)OC[C@H]1O[C@@H](Oc2n[nH]c(C(C)C)c2Cc2ccc(OC[C@H]3CO3)cc2)[C@H](OC(C)=O)[C@@H](OC(C)=O)[C@@H]1OC(C)=O. The first-order chi connectivity index (χ1) is 20.9. The summed E-state index contributed by atoms with van der Waals surface area (Å²) in [5.74, 6) is -1.91. The lowest BCUT2D eigenvalue weighted by Crippen LogP contribution is -2.63. The van der Waals surface area contributed by atoms with Crippen LogP contribution in [0.3, 0.4) is 0 Å². The van der Waals surface area contributed by atoms with E-state index in [-0.39, 0.29) is 24.5 Å². The monoisotopic (exact) mass is 618 g/mol. The predicted molar refractivity (Wildman–Crippen MR) is 150 cm³/mol. The largest absolute Gasteiger partial charge is 0.491 e. The van der Waals surface area contributed by atoms with Crippen LogP contribution in [-0.4, -0.2) is 90.7 Å². The van der Waals surface area contributed by atoms with Gasteiger partial charge in [0.05, 0.1) is 6.61 Å². The molecule has 14 nitrogen and oxygen atoms in total. The van der Waals surface area contributed by atoms with Gasteiger partial charge in [-0.25, -0.2) is 0 Å². The summed E-state index contributed by atoms with van der Waals surface area (Å²) in [5, 5.41) is 7.40. The molecule has 2 fully saturated rings. The Kier molecular flexibility index (Phi) is 10.8. The van der Waals surface area contributed by atoms with E-state index in [1.165, 1.54) is 6.92 Å². The predicted octanol–water partition coefficient (Wildman–Crippen LogP) is 2.36. The second kappa shape index (κ2) is 14.5. The van der Waals surface area contributed by atoms with Crippen LogP contribution in [-0.2, 0) is 54.0 Å². The van der Waals surface area contributed by atoms with Gasteiger partial charge in [0, 0.05) is 45.4 Å². The molecule has 0 saturated carbocycles. The highest BCUT2D eigenvalue weighted by molar-refractivity contribution is 5.68. The topological polar surface area (TPSA) is 174 Å². The molecule has 3 heterocycles. The summed E-state index contributed by atoms with van der Waals surface area (Å²) in [4.78, 5) is 48.0. The summed E-state index contributed by atoms with van der Waals surface area (Å²) in [7, 11) is 0. The molecule has 4 rings (SSSR count). The van der Waals surface area contributed by atoms with Gasteiger partial charge < -0.3 is 37.9 Å². The highest BCUT2D eigenvalue weighted by Gasteiger charge is 2.53. The van der Waals surface area contributed by atoms with Gasteiger partial charge in [-0.15, -0.1) is 5.10 Å². The van der Waals surface area contributed by atoms with Crippen LogP contribution < -0.4 is 9.47 Å². The van der Waals surface area contributed by atoms with E-state index < -0.39 is 54.6 Å². The van der Waals surface area contributed by atoms with Gasteiger partial charge in [-0.2, -0.15) is 0 Å². The number of hydrogen-bond donors (Lipinski definition) is 1. The molecule has 2 aliphatic heterocycles. The van der Waals surface area contributed by atoms with Crippen molar-refractivity contribution in [3.05, 3.63) is 41.1 Å². The third-order valence-electron chi connectivity index (χ3n) is 6.76. The van der Waals surface area contributed by atoms with E-state index in [0.29, 0.717) is 25.2 Å². The molecule has 1 aromatic heterocycles. The van der Waals surface area contributed by atoms with Gasteiger partial charge in [0.1, 0.15) is 31.2 Å². The Morgan fingerprint density at radius 2 is 1.50 bits per heavy atom. The van der Waals surface area contributed by atoms with Gasteiger partial charge in [-0.3, -0.25) is 24.3 Å². The first kappa shape index (κ1) is 32.7. The number of esters is 4. The zero-order chi connectivity index (χ0) is 32.0.